The van der Waals surface area contributed by atoms with Gasteiger partial charge in [0.2, 0.25) is 0 Å². The normalized spacial score (nSPS) is 12.2. The van der Waals surface area contributed by atoms with Gasteiger partial charge in [-0.1, -0.05) is 133 Å². The van der Waals surface area contributed by atoms with Gasteiger partial charge in [-0.25, -0.2) is 0 Å². The molecule has 14 aromatic rings. The van der Waals surface area contributed by atoms with E-state index in [1.807, 2.05) is 91.0 Å². The average Bonchev–Trinajstić information content (AvgIpc) is 4.13. The number of para-hydroxylation sites is 6. The highest BCUT2D eigenvalue weighted by molar-refractivity contribution is 6.14. The van der Waals surface area contributed by atoms with Gasteiger partial charge in [-0.15, -0.1) is 0 Å². The van der Waals surface area contributed by atoms with E-state index in [1.165, 1.54) is 6.07 Å². The molecule has 4 aromatic heterocycles. The van der Waals surface area contributed by atoms with Gasteiger partial charge < -0.3 is 18.3 Å². The van der Waals surface area contributed by atoms with E-state index in [2.05, 4.69) is 121 Å². The van der Waals surface area contributed by atoms with Crippen LogP contribution in [0.3, 0.4) is 0 Å². The number of fused-ring (bicyclic) bond motifs is 12. The van der Waals surface area contributed by atoms with Gasteiger partial charge in [-0.3, -0.25) is 0 Å². The van der Waals surface area contributed by atoms with Crippen LogP contribution in [0.2, 0.25) is 0 Å². The van der Waals surface area contributed by atoms with Gasteiger partial charge in [0.05, 0.1) is 66.6 Å². The van der Waals surface area contributed by atoms with E-state index in [0.29, 0.717) is 28.1 Å². The molecule has 0 saturated carbocycles. The maximum absolute atomic E-state index is 15.6. The molecule has 0 bridgehead atoms. The standard InChI is InChI=1S/C63H38F3N5/c1-38-15-14-22-51(63(64,65)66)62(38)50-36-58(70-56-27-12-6-20-46(56)48-31-29-40(34-60(48)70)68-52-23-8-2-16-42(52)43-17-3-9-24-53(43)68)39(37-67)33-59(50)71-57-28-13-7-21-47(57)49-32-30-41(35-61(49)71)69-54-25-10-4-18-44(54)45-19-5-11-26-55(45)69/h2-36H,1H3. The largest absolute Gasteiger partial charge is 0.417 e. The lowest BCUT2D eigenvalue weighted by Gasteiger charge is -2.22. The number of halogens is 3. The van der Waals surface area contributed by atoms with Crippen molar-refractivity contribution in [1.82, 2.24) is 18.3 Å². The van der Waals surface area contributed by atoms with Gasteiger partial charge in [0.1, 0.15) is 6.07 Å². The van der Waals surface area contributed by atoms with Gasteiger partial charge in [0, 0.05) is 60.0 Å². The van der Waals surface area contributed by atoms with E-state index >= 15 is 13.2 Å². The minimum Gasteiger partial charge on any atom is -0.309 e. The Balaban J connectivity index is 1.10. The molecule has 8 heteroatoms. The first-order chi connectivity index (χ1) is 34.8. The Kier molecular flexibility index (Phi) is 8.65. The molecule has 0 amide bonds. The number of hydrogen-bond acceptors (Lipinski definition) is 1. The molecule has 14 rings (SSSR count). The van der Waals surface area contributed by atoms with Crippen LogP contribution < -0.4 is 0 Å². The first kappa shape index (κ1) is 40.7. The van der Waals surface area contributed by atoms with Crippen molar-refractivity contribution in [2.45, 2.75) is 13.1 Å². The molecule has 0 N–H and O–H groups in total. The van der Waals surface area contributed by atoms with Gasteiger partial charge >= 0.3 is 6.18 Å². The lowest BCUT2D eigenvalue weighted by molar-refractivity contribution is -0.137. The van der Waals surface area contributed by atoms with Crippen LogP contribution in [0.1, 0.15) is 16.7 Å². The number of benzene rings is 10. The van der Waals surface area contributed by atoms with Gasteiger partial charge in [0.15, 0.2) is 0 Å². The van der Waals surface area contributed by atoms with E-state index in [0.717, 1.165) is 105 Å². The maximum atomic E-state index is 15.6. The third kappa shape index (κ3) is 5.87. The molecule has 71 heavy (non-hydrogen) atoms. The van der Waals surface area contributed by atoms with Crippen molar-refractivity contribution in [3.63, 3.8) is 0 Å². The molecule has 336 valence electrons. The van der Waals surface area contributed by atoms with Crippen molar-refractivity contribution in [2.24, 2.45) is 0 Å². The van der Waals surface area contributed by atoms with Crippen molar-refractivity contribution >= 4 is 87.2 Å². The van der Waals surface area contributed by atoms with Crippen molar-refractivity contribution in [3.05, 3.63) is 229 Å². The Bertz CT molecular complexity index is 4500. The van der Waals surface area contributed by atoms with Crippen molar-refractivity contribution in [1.29, 1.82) is 5.26 Å². The predicted molar refractivity (Wildman–Crippen MR) is 284 cm³/mol. The van der Waals surface area contributed by atoms with Crippen LogP contribution >= 0.6 is 0 Å². The van der Waals surface area contributed by atoms with Crippen LogP contribution in [0.4, 0.5) is 13.2 Å². The van der Waals surface area contributed by atoms with E-state index < -0.39 is 11.7 Å². The molecule has 4 heterocycles. The van der Waals surface area contributed by atoms with E-state index in [-0.39, 0.29) is 5.56 Å². The fourth-order valence-electron chi connectivity index (χ4n) is 11.6. The number of nitriles is 1. The van der Waals surface area contributed by atoms with E-state index in [1.54, 1.807) is 19.1 Å². The third-order valence-electron chi connectivity index (χ3n) is 14.6. The summed E-state index contributed by atoms with van der Waals surface area (Å²) in [6, 6.07) is 72.6. The van der Waals surface area contributed by atoms with Crippen molar-refractivity contribution < 1.29 is 13.2 Å². The van der Waals surface area contributed by atoms with Gasteiger partial charge in [-0.05, 0) is 96.9 Å². The maximum Gasteiger partial charge on any atom is 0.417 e. The highest BCUT2D eigenvalue weighted by atomic mass is 19.4. The number of aryl methyl sites for hydroxylation is 1. The lowest BCUT2D eigenvalue weighted by atomic mass is 9.91. The number of nitrogens with zero attached hydrogens (tertiary/aromatic N) is 5. The first-order valence-corrected chi connectivity index (χ1v) is 23.6. The molecule has 0 saturated heterocycles. The number of alkyl halides is 3. The zero-order chi connectivity index (χ0) is 47.7. The highest BCUT2D eigenvalue weighted by Crippen LogP contribution is 2.46. The summed E-state index contributed by atoms with van der Waals surface area (Å²) in [4.78, 5) is 0. The van der Waals surface area contributed by atoms with Crippen molar-refractivity contribution in [3.8, 4) is 39.9 Å². The summed E-state index contributed by atoms with van der Waals surface area (Å²) in [6.45, 7) is 1.73. The quantitative estimate of drug-likeness (QED) is 0.170. The van der Waals surface area contributed by atoms with Gasteiger partial charge in [-0.2, -0.15) is 18.4 Å². The Hall–Kier alpha value is -9.32. The van der Waals surface area contributed by atoms with E-state index in [4.69, 9.17) is 0 Å². The number of hydrogen-bond donors (Lipinski definition) is 0. The summed E-state index contributed by atoms with van der Waals surface area (Å²) in [7, 11) is 0. The Morgan fingerprint density at radius 2 is 0.732 bits per heavy atom. The summed E-state index contributed by atoms with van der Waals surface area (Å²) in [5.74, 6) is 0. The second kappa shape index (κ2) is 15.1. The SMILES string of the molecule is Cc1cccc(C(F)(F)F)c1-c1cc(-n2c3ccccc3c3ccc(-n4c5ccccc5c5ccccc54)cc32)c(C#N)cc1-n1c2ccccc2c2ccc(-n3c4ccccc4c4ccccc43)cc21. The summed E-state index contributed by atoms with van der Waals surface area (Å²) in [5.41, 5.74) is 10.6. The summed E-state index contributed by atoms with van der Waals surface area (Å²) in [6.07, 6.45) is -4.69. The molecule has 0 radical (unpaired) electrons. The minimum atomic E-state index is -4.69. The van der Waals surface area contributed by atoms with Gasteiger partial charge in [0.25, 0.3) is 0 Å². The number of aromatic nitrogens is 4. The summed E-state index contributed by atoms with van der Waals surface area (Å²) >= 11 is 0. The minimum absolute atomic E-state index is 0.0527. The Labute approximate surface area is 404 Å². The molecule has 10 aromatic carbocycles. The van der Waals surface area contributed by atoms with Crippen molar-refractivity contribution in [2.75, 3.05) is 0 Å². The lowest BCUT2D eigenvalue weighted by Crippen LogP contribution is -2.11. The fourth-order valence-corrected chi connectivity index (χ4v) is 11.6. The molecule has 0 aliphatic rings. The second-order valence-corrected chi connectivity index (χ2v) is 18.3. The van der Waals surface area contributed by atoms with Crippen LogP contribution in [0, 0.1) is 18.3 Å². The van der Waals surface area contributed by atoms with E-state index in [9.17, 15) is 5.26 Å². The van der Waals surface area contributed by atoms with Crippen LogP contribution in [0.15, 0.2) is 212 Å². The molecule has 0 fully saturated rings. The van der Waals surface area contributed by atoms with Crippen LogP contribution in [-0.4, -0.2) is 18.3 Å². The predicted octanol–water partition coefficient (Wildman–Crippen LogP) is 16.9. The summed E-state index contributed by atoms with van der Waals surface area (Å²) < 4.78 is 55.5. The highest BCUT2D eigenvalue weighted by Gasteiger charge is 2.36. The topological polar surface area (TPSA) is 43.5 Å². The summed E-state index contributed by atoms with van der Waals surface area (Å²) in [5, 5.41) is 19.7. The third-order valence-corrected chi connectivity index (χ3v) is 14.6. The zero-order valence-electron chi connectivity index (χ0n) is 38.1. The number of rotatable bonds is 5. The van der Waals surface area contributed by atoms with Crippen LogP contribution in [0.25, 0.3) is 121 Å². The molecular formula is C63H38F3N5. The first-order valence-electron chi connectivity index (χ1n) is 23.6. The monoisotopic (exact) mass is 921 g/mol. The molecule has 0 atom stereocenters. The Morgan fingerprint density at radius 3 is 1.13 bits per heavy atom. The molecule has 5 nitrogen and oxygen atoms in total. The second-order valence-electron chi connectivity index (χ2n) is 18.3. The van der Waals surface area contributed by atoms with Crippen LogP contribution in [-0.2, 0) is 6.18 Å². The molecule has 0 unspecified atom stereocenters. The average molecular weight is 922 g/mol. The van der Waals surface area contributed by atoms with Crippen LogP contribution in [0.5, 0.6) is 0 Å². The smallest absolute Gasteiger partial charge is 0.309 e. The molecule has 0 aliphatic heterocycles. The molecule has 0 aliphatic carbocycles. The Morgan fingerprint density at radius 1 is 0.366 bits per heavy atom. The zero-order valence-corrected chi connectivity index (χ0v) is 38.1. The molecule has 0 spiro atoms. The fraction of sp³-hybridized carbons (Fsp3) is 0.0317. The molecular weight excluding hydrogens is 884 g/mol.